The maximum Gasteiger partial charge on any atom is 0.340 e. The molecule has 0 spiro atoms. The molecule has 0 aliphatic heterocycles. The lowest BCUT2D eigenvalue weighted by molar-refractivity contribution is -0.145. The average Bonchev–Trinajstić information content (AvgIpc) is 2.96. The first-order valence-electron chi connectivity index (χ1n) is 6.66. The van der Waals surface area contributed by atoms with E-state index >= 15 is 0 Å². The first-order valence-corrected chi connectivity index (χ1v) is 6.66. The van der Waals surface area contributed by atoms with Crippen LogP contribution >= 0.6 is 0 Å². The van der Waals surface area contributed by atoms with Crippen LogP contribution in [0.2, 0.25) is 0 Å². The van der Waals surface area contributed by atoms with Crippen molar-refractivity contribution in [2.45, 2.75) is 18.9 Å². The Morgan fingerprint density at radius 3 is 2.64 bits per heavy atom. The number of nitrogens with one attached hydrogen (secondary N) is 3. The molecule has 0 radical (unpaired) electrons. The molecule has 116 valence electrons. The number of amides is 1. The van der Waals surface area contributed by atoms with Gasteiger partial charge in [0.25, 0.3) is 0 Å². The molecule has 0 aliphatic rings. The van der Waals surface area contributed by atoms with E-state index in [2.05, 4.69) is 20.5 Å². The van der Waals surface area contributed by atoms with E-state index in [0.717, 1.165) is 0 Å². The summed E-state index contributed by atoms with van der Waals surface area (Å²) in [7, 11) is 1.26. The fourth-order valence-electron chi connectivity index (χ4n) is 1.93. The van der Waals surface area contributed by atoms with Crippen LogP contribution < -0.4 is 11.0 Å². The molecular formula is C14H16N4O4. The zero-order valence-electron chi connectivity index (χ0n) is 12.0. The van der Waals surface area contributed by atoms with Gasteiger partial charge in [-0.05, 0) is 5.56 Å². The summed E-state index contributed by atoms with van der Waals surface area (Å²) in [6, 6.07) is 7.95. The second-order valence-corrected chi connectivity index (χ2v) is 4.56. The molecule has 0 unspecified atom stereocenters. The van der Waals surface area contributed by atoms with Crippen LogP contribution in [-0.4, -0.2) is 34.2 Å². The molecule has 2 aromatic rings. The summed E-state index contributed by atoms with van der Waals surface area (Å²) in [5, 5.41) is 8.55. The number of rotatable bonds is 6. The monoisotopic (exact) mass is 304 g/mol. The third-order valence-electron chi connectivity index (χ3n) is 3.01. The number of hydrogen-bond acceptors (Lipinski definition) is 5. The van der Waals surface area contributed by atoms with E-state index in [1.54, 1.807) is 24.3 Å². The normalized spacial score (nSPS) is 11.7. The molecular weight excluding hydrogens is 288 g/mol. The molecule has 0 fully saturated rings. The summed E-state index contributed by atoms with van der Waals surface area (Å²) in [5.41, 5.74) is 0.211. The summed E-state index contributed by atoms with van der Waals surface area (Å²) in [6.07, 6.45) is 0.342. The summed E-state index contributed by atoms with van der Waals surface area (Å²) < 4.78 is 4.72. The largest absolute Gasteiger partial charge is 0.467 e. The molecule has 1 heterocycles. The fourth-order valence-corrected chi connectivity index (χ4v) is 1.93. The summed E-state index contributed by atoms with van der Waals surface area (Å²) in [5.74, 6) is -0.509. The SMILES string of the molecule is COC(=O)[C@@H](NC(=O)CCc1n[nH]c(=O)[nH]1)c1ccccc1. The third-order valence-corrected chi connectivity index (χ3v) is 3.01. The lowest BCUT2D eigenvalue weighted by Gasteiger charge is -2.16. The average molecular weight is 304 g/mol. The minimum Gasteiger partial charge on any atom is -0.467 e. The molecule has 22 heavy (non-hydrogen) atoms. The molecule has 0 bridgehead atoms. The number of H-pyrrole nitrogens is 2. The highest BCUT2D eigenvalue weighted by atomic mass is 16.5. The number of carbonyl (C=O) groups is 2. The van der Waals surface area contributed by atoms with Gasteiger partial charge in [0.15, 0.2) is 6.04 Å². The van der Waals surface area contributed by atoms with E-state index in [-0.39, 0.29) is 18.7 Å². The number of hydrogen-bond donors (Lipinski definition) is 3. The van der Waals surface area contributed by atoms with E-state index < -0.39 is 17.7 Å². The number of methoxy groups -OCH3 is 1. The van der Waals surface area contributed by atoms with E-state index in [1.807, 2.05) is 6.07 Å². The number of aromatic amines is 2. The molecule has 3 N–H and O–H groups in total. The minimum absolute atomic E-state index is 0.0844. The molecule has 0 saturated carbocycles. The Morgan fingerprint density at radius 2 is 2.05 bits per heavy atom. The molecule has 0 saturated heterocycles. The van der Waals surface area contributed by atoms with Gasteiger partial charge in [-0.2, -0.15) is 5.10 Å². The quantitative estimate of drug-likeness (QED) is 0.652. The number of benzene rings is 1. The Bertz CT molecular complexity index is 692. The standard InChI is InChI=1S/C14H16N4O4/c1-22-13(20)12(9-5-3-2-4-6-9)16-11(19)8-7-10-15-14(21)18-17-10/h2-6,12H,7-8H2,1H3,(H,16,19)(H2,15,17,18,21)/t12-/m0/s1. The summed E-state index contributed by atoms with van der Waals surface area (Å²) in [4.78, 5) is 37.1. The van der Waals surface area contributed by atoms with Crippen molar-refractivity contribution < 1.29 is 14.3 Å². The maximum atomic E-state index is 12.0. The zero-order valence-corrected chi connectivity index (χ0v) is 12.0. The van der Waals surface area contributed by atoms with Gasteiger partial charge in [0.2, 0.25) is 5.91 Å². The van der Waals surface area contributed by atoms with Crippen LogP contribution in [0, 0.1) is 0 Å². The molecule has 2 rings (SSSR count). The van der Waals surface area contributed by atoms with Crippen molar-refractivity contribution in [3.63, 3.8) is 0 Å². The zero-order chi connectivity index (χ0) is 15.9. The molecule has 1 amide bonds. The van der Waals surface area contributed by atoms with Crippen molar-refractivity contribution in [1.82, 2.24) is 20.5 Å². The number of ether oxygens (including phenoxy) is 1. The maximum absolute atomic E-state index is 12.0. The van der Waals surface area contributed by atoms with Gasteiger partial charge in [-0.15, -0.1) is 0 Å². The number of esters is 1. The van der Waals surface area contributed by atoms with Crippen LogP contribution in [0.5, 0.6) is 0 Å². The van der Waals surface area contributed by atoms with E-state index in [1.165, 1.54) is 7.11 Å². The topological polar surface area (TPSA) is 117 Å². The Labute approximate surface area is 125 Å². The highest BCUT2D eigenvalue weighted by molar-refractivity contribution is 5.85. The number of aryl methyl sites for hydroxylation is 1. The van der Waals surface area contributed by atoms with E-state index in [0.29, 0.717) is 11.4 Å². The van der Waals surface area contributed by atoms with Crippen molar-refractivity contribution in [1.29, 1.82) is 0 Å². The van der Waals surface area contributed by atoms with Crippen LogP contribution in [0.25, 0.3) is 0 Å². The van der Waals surface area contributed by atoms with Crippen LogP contribution in [0.1, 0.15) is 23.9 Å². The van der Waals surface area contributed by atoms with Crippen LogP contribution in [-0.2, 0) is 20.7 Å². The van der Waals surface area contributed by atoms with Crippen molar-refractivity contribution in [2.24, 2.45) is 0 Å². The smallest absolute Gasteiger partial charge is 0.340 e. The van der Waals surface area contributed by atoms with Crippen molar-refractivity contribution in [3.8, 4) is 0 Å². The fraction of sp³-hybridized carbons (Fsp3) is 0.286. The Balaban J connectivity index is 1.99. The summed E-state index contributed by atoms with van der Waals surface area (Å²) >= 11 is 0. The first-order chi connectivity index (χ1) is 10.6. The van der Waals surface area contributed by atoms with Crippen molar-refractivity contribution >= 4 is 11.9 Å². The van der Waals surface area contributed by atoms with Gasteiger partial charge < -0.3 is 10.1 Å². The highest BCUT2D eigenvalue weighted by Crippen LogP contribution is 2.14. The molecule has 1 aromatic heterocycles. The molecule has 8 heteroatoms. The second kappa shape index (κ2) is 7.21. The molecule has 0 aliphatic carbocycles. The number of nitrogens with zero attached hydrogens (tertiary/aromatic N) is 1. The van der Waals surface area contributed by atoms with Crippen LogP contribution in [0.3, 0.4) is 0 Å². The minimum atomic E-state index is -0.864. The molecule has 1 aromatic carbocycles. The van der Waals surface area contributed by atoms with Gasteiger partial charge >= 0.3 is 11.7 Å². The van der Waals surface area contributed by atoms with Crippen LogP contribution in [0.15, 0.2) is 35.1 Å². The van der Waals surface area contributed by atoms with Gasteiger partial charge in [0, 0.05) is 12.8 Å². The van der Waals surface area contributed by atoms with Gasteiger partial charge in [0.05, 0.1) is 7.11 Å². The predicted molar refractivity (Wildman–Crippen MR) is 76.9 cm³/mol. The number of carbonyl (C=O) groups excluding carboxylic acids is 2. The molecule has 8 nitrogen and oxygen atoms in total. The highest BCUT2D eigenvalue weighted by Gasteiger charge is 2.23. The van der Waals surface area contributed by atoms with Gasteiger partial charge in [-0.25, -0.2) is 14.7 Å². The van der Waals surface area contributed by atoms with Crippen molar-refractivity contribution in [3.05, 3.63) is 52.2 Å². The van der Waals surface area contributed by atoms with Crippen molar-refractivity contribution in [2.75, 3.05) is 7.11 Å². The lowest BCUT2D eigenvalue weighted by atomic mass is 10.1. The lowest BCUT2D eigenvalue weighted by Crippen LogP contribution is -2.34. The Morgan fingerprint density at radius 1 is 1.32 bits per heavy atom. The molecule has 1 atom stereocenters. The summed E-state index contributed by atoms with van der Waals surface area (Å²) in [6.45, 7) is 0. The van der Waals surface area contributed by atoms with Gasteiger partial charge in [-0.3, -0.25) is 9.78 Å². The number of aromatic nitrogens is 3. The Kier molecular flexibility index (Phi) is 5.07. The predicted octanol–water partition coefficient (Wildman–Crippen LogP) is 0.0611. The van der Waals surface area contributed by atoms with Gasteiger partial charge in [-0.1, -0.05) is 30.3 Å². The third kappa shape index (κ3) is 4.05. The first kappa shape index (κ1) is 15.5. The van der Waals surface area contributed by atoms with Gasteiger partial charge in [0.1, 0.15) is 5.82 Å². The van der Waals surface area contributed by atoms with E-state index in [9.17, 15) is 14.4 Å². The second-order valence-electron chi connectivity index (χ2n) is 4.56. The van der Waals surface area contributed by atoms with E-state index in [4.69, 9.17) is 4.74 Å². The van der Waals surface area contributed by atoms with Crippen LogP contribution in [0.4, 0.5) is 0 Å². The Hall–Kier alpha value is -2.90.